The van der Waals surface area contributed by atoms with Crippen LogP contribution in [0.25, 0.3) is 0 Å². The summed E-state index contributed by atoms with van der Waals surface area (Å²) in [6.45, 7) is 3.32. The average Bonchev–Trinajstić information content (AvgIpc) is 2.57. The van der Waals surface area contributed by atoms with Gasteiger partial charge in [-0.05, 0) is 49.4 Å². The zero-order chi connectivity index (χ0) is 15.2. The third kappa shape index (κ3) is 3.80. The summed E-state index contributed by atoms with van der Waals surface area (Å²) in [5.41, 5.74) is 2.42. The van der Waals surface area contributed by atoms with Gasteiger partial charge in [-0.3, -0.25) is 14.9 Å². The Hall–Kier alpha value is -2.01. The molecule has 3 heterocycles. The molecule has 0 unspecified atom stereocenters. The van der Waals surface area contributed by atoms with E-state index in [9.17, 15) is 0 Å². The van der Waals surface area contributed by atoms with E-state index in [4.69, 9.17) is 0 Å². The van der Waals surface area contributed by atoms with Crippen LogP contribution < -0.4 is 5.32 Å². The molecule has 1 N–H and O–H groups in total. The molecule has 0 aromatic carbocycles. The third-order valence-corrected chi connectivity index (χ3v) is 4.25. The van der Waals surface area contributed by atoms with Crippen molar-refractivity contribution in [2.75, 3.05) is 25.5 Å². The van der Waals surface area contributed by atoms with Crippen molar-refractivity contribution in [3.63, 3.8) is 0 Å². The minimum absolute atomic E-state index is 0.652. The van der Waals surface area contributed by atoms with Crippen LogP contribution in [0.4, 0.5) is 5.82 Å². The number of piperidine rings is 1. The predicted molar refractivity (Wildman–Crippen MR) is 87.5 cm³/mol. The van der Waals surface area contributed by atoms with Gasteiger partial charge < -0.3 is 5.32 Å². The molecule has 0 amide bonds. The second-order valence-electron chi connectivity index (χ2n) is 5.90. The number of hydrogen-bond acceptors (Lipinski definition) is 5. The lowest BCUT2D eigenvalue weighted by atomic mass is 9.93. The summed E-state index contributed by atoms with van der Waals surface area (Å²) in [7, 11) is 1.91. The molecule has 2 aromatic rings. The van der Waals surface area contributed by atoms with Gasteiger partial charge in [0.2, 0.25) is 0 Å². The Morgan fingerprint density at radius 3 is 2.82 bits per heavy atom. The quantitative estimate of drug-likeness (QED) is 0.918. The highest BCUT2D eigenvalue weighted by Crippen LogP contribution is 2.23. The van der Waals surface area contributed by atoms with E-state index in [1.165, 1.54) is 24.9 Å². The highest BCUT2D eigenvalue weighted by Gasteiger charge is 2.21. The Morgan fingerprint density at radius 2 is 2.00 bits per heavy atom. The van der Waals surface area contributed by atoms with Crippen molar-refractivity contribution >= 4 is 5.82 Å². The summed E-state index contributed by atoms with van der Waals surface area (Å²) in [4.78, 5) is 15.5. The van der Waals surface area contributed by atoms with Gasteiger partial charge in [0.25, 0.3) is 0 Å². The fourth-order valence-electron chi connectivity index (χ4n) is 3.21. The Kier molecular flexibility index (Phi) is 4.96. The van der Waals surface area contributed by atoms with Crippen LogP contribution in [0.2, 0.25) is 0 Å². The van der Waals surface area contributed by atoms with Gasteiger partial charge in [0.05, 0.1) is 5.69 Å². The second kappa shape index (κ2) is 7.31. The van der Waals surface area contributed by atoms with E-state index in [0.29, 0.717) is 5.92 Å². The summed E-state index contributed by atoms with van der Waals surface area (Å²) in [6, 6.07) is 4.21. The van der Waals surface area contributed by atoms with E-state index in [-0.39, 0.29) is 0 Å². The van der Waals surface area contributed by atoms with Crippen LogP contribution in [0, 0.1) is 5.92 Å². The van der Waals surface area contributed by atoms with Crippen molar-refractivity contribution < 1.29 is 0 Å². The highest BCUT2D eigenvalue weighted by atomic mass is 15.1. The first kappa shape index (κ1) is 14.9. The van der Waals surface area contributed by atoms with Gasteiger partial charge in [0.15, 0.2) is 0 Å². The van der Waals surface area contributed by atoms with Gasteiger partial charge in [-0.1, -0.05) is 0 Å². The van der Waals surface area contributed by atoms with E-state index >= 15 is 0 Å². The van der Waals surface area contributed by atoms with Gasteiger partial charge in [-0.2, -0.15) is 0 Å². The van der Waals surface area contributed by atoms with Crippen LogP contribution in [-0.2, 0) is 13.0 Å². The summed E-state index contributed by atoms with van der Waals surface area (Å²) in [5, 5.41) is 3.14. The maximum atomic E-state index is 4.50. The largest absolute Gasteiger partial charge is 0.372 e. The maximum Gasteiger partial charge on any atom is 0.147 e. The van der Waals surface area contributed by atoms with E-state index < -0.39 is 0 Å². The molecule has 0 aliphatic carbocycles. The maximum absolute atomic E-state index is 4.50. The zero-order valence-electron chi connectivity index (χ0n) is 13.1. The minimum Gasteiger partial charge on any atom is -0.372 e. The van der Waals surface area contributed by atoms with Crippen molar-refractivity contribution in [1.29, 1.82) is 0 Å². The molecule has 0 spiro atoms. The van der Waals surface area contributed by atoms with Crippen LogP contribution in [0.15, 0.2) is 36.9 Å². The van der Waals surface area contributed by atoms with E-state index in [2.05, 4.69) is 37.3 Å². The van der Waals surface area contributed by atoms with Gasteiger partial charge >= 0.3 is 0 Å². The molecular weight excluding hydrogens is 274 g/mol. The molecule has 0 saturated carbocycles. The lowest BCUT2D eigenvalue weighted by molar-refractivity contribution is 0.166. The number of rotatable bonds is 5. The molecular formula is C17H23N5. The monoisotopic (exact) mass is 297 g/mol. The van der Waals surface area contributed by atoms with Crippen molar-refractivity contribution in [2.45, 2.75) is 25.8 Å². The van der Waals surface area contributed by atoms with Crippen LogP contribution in [0.3, 0.4) is 0 Å². The number of aromatic nitrogens is 3. The Morgan fingerprint density at radius 1 is 1.18 bits per heavy atom. The predicted octanol–water partition coefficient (Wildman–Crippen LogP) is 2.37. The standard InChI is InChI=1S/C17H23N5/c1-18-17-16(20-8-9-21-17)11-15-3-2-10-22(13-15)12-14-4-6-19-7-5-14/h4-9,15H,2-3,10-13H2,1H3,(H,18,21)/t15-/m1/s1. The number of anilines is 1. The normalized spacial score (nSPS) is 19.0. The van der Waals surface area contributed by atoms with Gasteiger partial charge in [-0.25, -0.2) is 4.98 Å². The Bertz CT molecular complexity index is 587. The van der Waals surface area contributed by atoms with Crippen LogP contribution >= 0.6 is 0 Å². The molecule has 22 heavy (non-hydrogen) atoms. The van der Waals surface area contributed by atoms with Gasteiger partial charge in [0, 0.05) is 44.9 Å². The van der Waals surface area contributed by atoms with E-state index in [1.807, 2.05) is 19.4 Å². The zero-order valence-corrected chi connectivity index (χ0v) is 13.1. The van der Waals surface area contributed by atoms with Crippen molar-refractivity contribution in [3.8, 4) is 0 Å². The van der Waals surface area contributed by atoms with Crippen molar-refractivity contribution in [1.82, 2.24) is 19.9 Å². The molecule has 2 aromatic heterocycles. The van der Waals surface area contributed by atoms with E-state index in [1.54, 1.807) is 12.4 Å². The number of likely N-dealkylation sites (tertiary alicyclic amines) is 1. The second-order valence-corrected chi connectivity index (χ2v) is 5.90. The van der Waals surface area contributed by atoms with Crippen LogP contribution in [0.5, 0.6) is 0 Å². The molecule has 5 nitrogen and oxygen atoms in total. The molecule has 0 bridgehead atoms. The fraction of sp³-hybridized carbons (Fsp3) is 0.471. The lowest BCUT2D eigenvalue weighted by Gasteiger charge is -2.32. The Labute approximate surface area is 131 Å². The smallest absolute Gasteiger partial charge is 0.147 e. The summed E-state index contributed by atoms with van der Waals surface area (Å²) >= 11 is 0. The fourth-order valence-corrected chi connectivity index (χ4v) is 3.21. The number of pyridine rings is 1. The minimum atomic E-state index is 0.652. The molecule has 5 heteroatoms. The van der Waals surface area contributed by atoms with Crippen molar-refractivity contribution in [2.24, 2.45) is 5.92 Å². The molecule has 1 saturated heterocycles. The first-order valence-corrected chi connectivity index (χ1v) is 7.94. The van der Waals surface area contributed by atoms with Gasteiger partial charge in [0.1, 0.15) is 5.82 Å². The number of nitrogens with one attached hydrogen (secondary N) is 1. The number of nitrogens with zero attached hydrogens (tertiary/aromatic N) is 4. The molecule has 0 radical (unpaired) electrons. The van der Waals surface area contributed by atoms with Gasteiger partial charge in [-0.15, -0.1) is 0 Å². The first-order chi connectivity index (χ1) is 10.8. The lowest BCUT2D eigenvalue weighted by Crippen LogP contribution is -2.36. The van der Waals surface area contributed by atoms with E-state index in [0.717, 1.165) is 31.0 Å². The SMILES string of the molecule is CNc1nccnc1C[C@H]1CCCN(Cc2ccncc2)C1. The Balaban J connectivity index is 1.61. The summed E-state index contributed by atoms with van der Waals surface area (Å²) in [5.74, 6) is 1.56. The average molecular weight is 297 g/mol. The molecule has 1 fully saturated rings. The summed E-state index contributed by atoms with van der Waals surface area (Å²) < 4.78 is 0. The number of hydrogen-bond donors (Lipinski definition) is 1. The van der Waals surface area contributed by atoms with Crippen molar-refractivity contribution in [3.05, 3.63) is 48.2 Å². The topological polar surface area (TPSA) is 53.9 Å². The highest BCUT2D eigenvalue weighted by molar-refractivity contribution is 5.38. The molecule has 1 atom stereocenters. The molecule has 1 aliphatic heterocycles. The molecule has 1 aliphatic rings. The molecule has 3 rings (SSSR count). The molecule has 116 valence electrons. The first-order valence-electron chi connectivity index (χ1n) is 7.94. The third-order valence-electron chi connectivity index (χ3n) is 4.25. The van der Waals surface area contributed by atoms with Crippen LogP contribution in [0.1, 0.15) is 24.1 Å². The van der Waals surface area contributed by atoms with Crippen LogP contribution in [-0.4, -0.2) is 40.0 Å². The summed E-state index contributed by atoms with van der Waals surface area (Å²) in [6.07, 6.45) is 10.8.